The summed E-state index contributed by atoms with van der Waals surface area (Å²) in [5.74, 6) is 0. The zero-order valence-electron chi connectivity index (χ0n) is 11.2. The zero-order chi connectivity index (χ0) is 14.5. The number of nitrogens with one attached hydrogen (secondary N) is 2. The van der Waals surface area contributed by atoms with Crippen molar-refractivity contribution in [2.24, 2.45) is 0 Å². The number of halogens is 1. The standard InChI is InChI=1S/C15H15ClN2OS/c1-10-6-11(16)8-13(7-10)18-15(19)17-12-4-3-5-14(9-12)20-2/h3-9H,1-2H3,(H2,17,18,19). The molecule has 0 spiro atoms. The quantitative estimate of drug-likeness (QED) is 0.782. The fourth-order valence-electron chi connectivity index (χ4n) is 1.80. The summed E-state index contributed by atoms with van der Waals surface area (Å²) in [5.41, 5.74) is 2.43. The molecule has 2 aromatic rings. The number of carbonyl (C=O) groups is 1. The summed E-state index contributed by atoms with van der Waals surface area (Å²) in [6.45, 7) is 1.93. The molecule has 2 amide bonds. The van der Waals surface area contributed by atoms with Crippen LogP contribution < -0.4 is 10.6 Å². The van der Waals surface area contributed by atoms with Gasteiger partial charge in [-0.25, -0.2) is 4.79 Å². The Balaban J connectivity index is 2.04. The van der Waals surface area contributed by atoms with Crippen LogP contribution >= 0.6 is 23.4 Å². The topological polar surface area (TPSA) is 41.1 Å². The molecule has 0 saturated carbocycles. The second kappa shape index (κ2) is 6.68. The smallest absolute Gasteiger partial charge is 0.308 e. The van der Waals surface area contributed by atoms with Crippen LogP contribution in [0.25, 0.3) is 0 Å². The third-order valence-electron chi connectivity index (χ3n) is 2.63. The van der Waals surface area contributed by atoms with E-state index in [1.54, 1.807) is 17.8 Å². The number of urea groups is 1. The predicted molar refractivity (Wildman–Crippen MR) is 87.1 cm³/mol. The third-order valence-corrected chi connectivity index (χ3v) is 3.57. The molecule has 104 valence electrons. The molecule has 2 rings (SSSR count). The van der Waals surface area contributed by atoms with Gasteiger partial charge in [0.05, 0.1) is 0 Å². The molecule has 5 heteroatoms. The number of amides is 2. The average molecular weight is 307 g/mol. The van der Waals surface area contributed by atoms with Gasteiger partial charge in [0.1, 0.15) is 0 Å². The van der Waals surface area contributed by atoms with E-state index in [9.17, 15) is 4.79 Å². The van der Waals surface area contributed by atoms with Crippen molar-refractivity contribution in [1.29, 1.82) is 0 Å². The molecule has 0 heterocycles. The van der Waals surface area contributed by atoms with Gasteiger partial charge in [0.2, 0.25) is 0 Å². The molecule has 0 bridgehead atoms. The van der Waals surface area contributed by atoms with Gasteiger partial charge >= 0.3 is 6.03 Å². The first-order valence-corrected chi connectivity index (χ1v) is 7.66. The average Bonchev–Trinajstić information content (AvgIpc) is 2.37. The van der Waals surface area contributed by atoms with E-state index in [1.165, 1.54) is 0 Å². The summed E-state index contributed by atoms with van der Waals surface area (Å²) in [7, 11) is 0. The molecule has 0 saturated heterocycles. The molecule has 0 atom stereocenters. The lowest BCUT2D eigenvalue weighted by Gasteiger charge is -2.09. The summed E-state index contributed by atoms with van der Waals surface area (Å²) < 4.78 is 0. The van der Waals surface area contributed by atoms with E-state index < -0.39 is 0 Å². The number of anilines is 2. The Kier molecular flexibility index (Phi) is 4.93. The Morgan fingerprint density at radius 3 is 2.55 bits per heavy atom. The van der Waals surface area contributed by atoms with Crippen LogP contribution in [-0.4, -0.2) is 12.3 Å². The Bertz CT molecular complexity index is 611. The Hall–Kier alpha value is -1.65. The molecule has 0 aliphatic heterocycles. The summed E-state index contributed by atoms with van der Waals surface area (Å²) in [5, 5.41) is 6.17. The largest absolute Gasteiger partial charge is 0.323 e. The van der Waals surface area contributed by atoms with Crippen molar-refractivity contribution in [2.45, 2.75) is 11.8 Å². The lowest BCUT2D eigenvalue weighted by molar-refractivity contribution is 0.262. The number of hydrogen-bond donors (Lipinski definition) is 2. The zero-order valence-corrected chi connectivity index (χ0v) is 12.8. The van der Waals surface area contributed by atoms with Gasteiger partial charge in [-0.05, 0) is 55.1 Å². The number of thioether (sulfide) groups is 1. The van der Waals surface area contributed by atoms with E-state index in [4.69, 9.17) is 11.6 Å². The molecular weight excluding hydrogens is 292 g/mol. The molecule has 20 heavy (non-hydrogen) atoms. The fourth-order valence-corrected chi connectivity index (χ4v) is 2.55. The lowest BCUT2D eigenvalue weighted by atomic mass is 10.2. The van der Waals surface area contributed by atoms with Crippen LogP contribution in [0.4, 0.5) is 16.2 Å². The summed E-state index contributed by atoms with van der Waals surface area (Å²) in [4.78, 5) is 13.0. The van der Waals surface area contributed by atoms with Gasteiger partial charge in [0.25, 0.3) is 0 Å². The van der Waals surface area contributed by atoms with Gasteiger partial charge in [0.15, 0.2) is 0 Å². The minimum atomic E-state index is -0.287. The van der Waals surface area contributed by atoms with Gasteiger partial charge in [-0.15, -0.1) is 11.8 Å². The van der Waals surface area contributed by atoms with Crippen LogP contribution in [0.5, 0.6) is 0 Å². The highest BCUT2D eigenvalue weighted by atomic mass is 35.5. The summed E-state index contributed by atoms with van der Waals surface area (Å²) >= 11 is 7.59. The maximum absolute atomic E-state index is 11.9. The molecule has 2 N–H and O–H groups in total. The van der Waals surface area contributed by atoms with E-state index >= 15 is 0 Å². The van der Waals surface area contributed by atoms with Crippen molar-refractivity contribution in [3.8, 4) is 0 Å². The first-order valence-electron chi connectivity index (χ1n) is 6.06. The maximum Gasteiger partial charge on any atom is 0.323 e. The Morgan fingerprint density at radius 1 is 1.10 bits per heavy atom. The van der Waals surface area contributed by atoms with Crippen LogP contribution in [0.3, 0.4) is 0 Å². The molecule has 0 aliphatic carbocycles. The van der Waals surface area contributed by atoms with E-state index in [1.807, 2.05) is 49.6 Å². The molecular formula is C15H15ClN2OS. The second-order valence-electron chi connectivity index (χ2n) is 4.33. The minimum absolute atomic E-state index is 0.287. The van der Waals surface area contributed by atoms with Crippen molar-refractivity contribution < 1.29 is 4.79 Å². The number of aryl methyl sites for hydroxylation is 1. The SMILES string of the molecule is CSc1cccc(NC(=O)Nc2cc(C)cc(Cl)c2)c1. The summed E-state index contributed by atoms with van der Waals surface area (Å²) in [6, 6.07) is 12.8. The second-order valence-corrected chi connectivity index (χ2v) is 5.64. The van der Waals surface area contributed by atoms with Gasteiger partial charge < -0.3 is 10.6 Å². The highest BCUT2D eigenvalue weighted by Gasteiger charge is 2.04. The molecule has 0 radical (unpaired) electrons. The van der Waals surface area contributed by atoms with E-state index in [0.29, 0.717) is 10.7 Å². The minimum Gasteiger partial charge on any atom is -0.308 e. The highest BCUT2D eigenvalue weighted by molar-refractivity contribution is 7.98. The molecule has 0 unspecified atom stereocenters. The highest BCUT2D eigenvalue weighted by Crippen LogP contribution is 2.20. The van der Waals surface area contributed by atoms with Crippen molar-refractivity contribution in [1.82, 2.24) is 0 Å². The van der Waals surface area contributed by atoms with Crippen LogP contribution in [0.15, 0.2) is 47.4 Å². The number of rotatable bonds is 3. The first-order chi connectivity index (χ1) is 9.56. The van der Waals surface area contributed by atoms with Crippen molar-refractivity contribution in [3.05, 3.63) is 53.1 Å². The molecule has 2 aromatic carbocycles. The van der Waals surface area contributed by atoms with Gasteiger partial charge in [-0.3, -0.25) is 0 Å². The predicted octanol–water partition coefficient (Wildman–Crippen LogP) is 5.01. The van der Waals surface area contributed by atoms with Crippen molar-refractivity contribution in [2.75, 3.05) is 16.9 Å². The first kappa shape index (κ1) is 14.8. The maximum atomic E-state index is 11.9. The lowest BCUT2D eigenvalue weighted by Crippen LogP contribution is -2.19. The molecule has 0 fully saturated rings. The monoisotopic (exact) mass is 306 g/mol. The number of carbonyl (C=O) groups excluding carboxylic acids is 1. The third kappa shape index (κ3) is 4.18. The molecule has 0 aromatic heterocycles. The van der Waals surface area contributed by atoms with Crippen LogP contribution in [0.1, 0.15) is 5.56 Å². The Labute approximate surface area is 127 Å². The van der Waals surface area contributed by atoms with Gasteiger partial charge in [0, 0.05) is 21.3 Å². The van der Waals surface area contributed by atoms with Crippen LogP contribution in [0, 0.1) is 6.92 Å². The van der Waals surface area contributed by atoms with Gasteiger partial charge in [-0.1, -0.05) is 17.7 Å². The van der Waals surface area contributed by atoms with Crippen LogP contribution in [0.2, 0.25) is 5.02 Å². The Morgan fingerprint density at radius 2 is 1.85 bits per heavy atom. The van der Waals surface area contributed by atoms with Crippen LogP contribution in [-0.2, 0) is 0 Å². The normalized spacial score (nSPS) is 10.2. The van der Waals surface area contributed by atoms with Crippen molar-refractivity contribution in [3.63, 3.8) is 0 Å². The van der Waals surface area contributed by atoms with E-state index in [0.717, 1.165) is 16.1 Å². The van der Waals surface area contributed by atoms with Crippen molar-refractivity contribution >= 4 is 40.8 Å². The molecule has 0 aliphatic rings. The van der Waals surface area contributed by atoms with E-state index in [2.05, 4.69) is 10.6 Å². The van der Waals surface area contributed by atoms with Gasteiger partial charge in [-0.2, -0.15) is 0 Å². The number of benzene rings is 2. The number of hydrogen-bond acceptors (Lipinski definition) is 2. The molecule has 3 nitrogen and oxygen atoms in total. The fraction of sp³-hybridized carbons (Fsp3) is 0.133. The van der Waals surface area contributed by atoms with E-state index in [-0.39, 0.29) is 6.03 Å². The summed E-state index contributed by atoms with van der Waals surface area (Å²) in [6.07, 6.45) is 1.99.